The summed E-state index contributed by atoms with van der Waals surface area (Å²) in [6.07, 6.45) is 12.5. The Kier molecular flexibility index (Phi) is 6.29. The maximum Gasteiger partial charge on any atom is 0.309 e. The molecule has 2 amide bonds. The Morgan fingerprint density at radius 3 is 2.56 bits per heavy atom. The van der Waals surface area contributed by atoms with Gasteiger partial charge in [0.25, 0.3) is 0 Å². The van der Waals surface area contributed by atoms with E-state index in [1.165, 1.54) is 36.8 Å². The molecular formula is C20H28N2O2S. The third kappa shape index (κ3) is 4.72. The Morgan fingerprint density at radius 2 is 1.88 bits per heavy atom. The number of carbonyl (C=O) groups is 2. The lowest BCUT2D eigenvalue weighted by Crippen LogP contribution is -2.45. The Balaban J connectivity index is 1.45. The van der Waals surface area contributed by atoms with E-state index in [2.05, 4.69) is 33.5 Å². The van der Waals surface area contributed by atoms with Crippen LogP contribution in [0.2, 0.25) is 0 Å². The van der Waals surface area contributed by atoms with Crippen molar-refractivity contribution in [3.63, 3.8) is 0 Å². The number of nitrogens with one attached hydrogen (secondary N) is 2. The first-order valence-electron chi connectivity index (χ1n) is 9.46. The minimum atomic E-state index is -0.505. The monoisotopic (exact) mass is 360 g/mol. The summed E-state index contributed by atoms with van der Waals surface area (Å²) in [6.45, 7) is 1.11. The molecule has 0 aromatic carbocycles. The molecule has 1 aromatic heterocycles. The highest BCUT2D eigenvalue weighted by molar-refractivity contribution is 7.08. The molecule has 0 spiro atoms. The van der Waals surface area contributed by atoms with Crippen molar-refractivity contribution >= 4 is 23.2 Å². The number of hydrogen-bond donors (Lipinski definition) is 2. The topological polar surface area (TPSA) is 58.2 Å². The first-order valence-corrected chi connectivity index (χ1v) is 10.4. The van der Waals surface area contributed by atoms with Gasteiger partial charge >= 0.3 is 11.8 Å². The predicted molar refractivity (Wildman–Crippen MR) is 102 cm³/mol. The lowest BCUT2D eigenvalue weighted by Gasteiger charge is -2.28. The van der Waals surface area contributed by atoms with E-state index in [4.69, 9.17) is 0 Å². The zero-order valence-electron chi connectivity index (χ0n) is 14.8. The van der Waals surface area contributed by atoms with Gasteiger partial charge in [0.15, 0.2) is 0 Å². The third-order valence-electron chi connectivity index (χ3n) is 5.60. The third-order valence-corrected chi connectivity index (χ3v) is 6.29. The van der Waals surface area contributed by atoms with Gasteiger partial charge in [-0.25, -0.2) is 0 Å². The van der Waals surface area contributed by atoms with Gasteiger partial charge in [0, 0.05) is 18.5 Å². The normalized spacial score (nSPS) is 19.3. The van der Waals surface area contributed by atoms with Crippen LogP contribution in [0.15, 0.2) is 28.5 Å². The van der Waals surface area contributed by atoms with Crippen molar-refractivity contribution in [1.82, 2.24) is 10.6 Å². The lowest BCUT2D eigenvalue weighted by atomic mass is 9.80. The summed E-state index contributed by atoms with van der Waals surface area (Å²) in [5, 5.41) is 9.91. The van der Waals surface area contributed by atoms with Crippen molar-refractivity contribution in [2.45, 2.75) is 63.2 Å². The number of thiophene rings is 1. The van der Waals surface area contributed by atoms with Crippen molar-refractivity contribution in [3.8, 4) is 0 Å². The Morgan fingerprint density at radius 1 is 1.08 bits per heavy atom. The van der Waals surface area contributed by atoms with Crippen LogP contribution in [-0.2, 0) is 15.0 Å². The maximum atomic E-state index is 12.2. The Hall–Kier alpha value is -1.62. The lowest BCUT2D eigenvalue weighted by molar-refractivity contribution is -0.139. The molecule has 3 rings (SSSR count). The molecule has 0 aliphatic heterocycles. The smallest absolute Gasteiger partial charge is 0.309 e. The van der Waals surface area contributed by atoms with Crippen LogP contribution in [0.3, 0.4) is 0 Å². The number of rotatable bonds is 6. The van der Waals surface area contributed by atoms with Crippen LogP contribution < -0.4 is 10.6 Å². The van der Waals surface area contributed by atoms with Crippen molar-refractivity contribution in [3.05, 3.63) is 34.0 Å². The SMILES string of the molecule is O=C(NCCC1=CCCCC1)C(=O)NCC1(c2ccsc2)CCCC1. The summed E-state index contributed by atoms with van der Waals surface area (Å²) in [5.41, 5.74) is 2.73. The molecule has 25 heavy (non-hydrogen) atoms. The number of amides is 2. The minimum Gasteiger partial charge on any atom is -0.348 e. The number of hydrogen-bond acceptors (Lipinski definition) is 3. The Labute approximate surface area is 154 Å². The first kappa shape index (κ1) is 18.2. The van der Waals surface area contributed by atoms with Crippen molar-refractivity contribution in [1.29, 1.82) is 0 Å². The van der Waals surface area contributed by atoms with E-state index in [0.29, 0.717) is 13.1 Å². The van der Waals surface area contributed by atoms with Gasteiger partial charge < -0.3 is 10.6 Å². The summed E-state index contributed by atoms with van der Waals surface area (Å²) in [4.78, 5) is 24.2. The second-order valence-corrected chi connectivity index (χ2v) is 8.08. The summed E-state index contributed by atoms with van der Waals surface area (Å²) in [6, 6.07) is 2.15. The molecule has 2 aliphatic rings. The van der Waals surface area contributed by atoms with E-state index < -0.39 is 11.8 Å². The average molecular weight is 361 g/mol. The molecule has 1 aromatic rings. The van der Waals surface area contributed by atoms with Crippen molar-refractivity contribution in [2.24, 2.45) is 0 Å². The zero-order valence-corrected chi connectivity index (χ0v) is 15.6. The molecule has 0 bridgehead atoms. The fourth-order valence-corrected chi connectivity index (χ4v) is 4.84. The molecule has 2 aliphatic carbocycles. The zero-order chi connectivity index (χ0) is 17.5. The molecule has 1 fully saturated rings. The summed E-state index contributed by atoms with van der Waals surface area (Å²) >= 11 is 1.69. The van der Waals surface area contributed by atoms with Gasteiger partial charge in [-0.2, -0.15) is 11.3 Å². The molecule has 0 radical (unpaired) electrons. The van der Waals surface area contributed by atoms with Gasteiger partial charge in [-0.3, -0.25) is 9.59 Å². The average Bonchev–Trinajstić information content (AvgIpc) is 3.33. The second kappa shape index (κ2) is 8.65. The van der Waals surface area contributed by atoms with Crippen molar-refractivity contribution in [2.75, 3.05) is 13.1 Å². The minimum absolute atomic E-state index is 0.0167. The second-order valence-electron chi connectivity index (χ2n) is 7.30. The van der Waals surface area contributed by atoms with Crippen LogP contribution in [0.4, 0.5) is 0 Å². The quantitative estimate of drug-likeness (QED) is 0.600. The summed E-state index contributed by atoms with van der Waals surface area (Å²) < 4.78 is 0. The Bertz CT molecular complexity index is 616. The first-order chi connectivity index (χ1) is 12.2. The molecule has 0 saturated heterocycles. The van der Waals surface area contributed by atoms with E-state index in [0.717, 1.165) is 32.1 Å². The largest absolute Gasteiger partial charge is 0.348 e. The molecule has 1 heterocycles. The van der Waals surface area contributed by atoms with Crippen LogP contribution >= 0.6 is 11.3 Å². The van der Waals surface area contributed by atoms with Crippen LogP contribution in [0.25, 0.3) is 0 Å². The van der Waals surface area contributed by atoms with E-state index in [1.54, 1.807) is 11.3 Å². The van der Waals surface area contributed by atoms with Crippen molar-refractivity contribution < 1.29 is 9.59 Å². The van der Waals surface area contributed by atoms with E-state index in [-0.39, 0.29) is 5.41 Å². The van der Waals surface area contributed by atoms with Gasteiger partial charge in [0.2, 0.25) is 0 Å². The van der Waals surface area contributed by atoms with Crippen LogP contribution in [0, 0.1) is 0 Å². The van der Waals surface area contributed by atoms with Gasteiger partial charge in [0.05, 0.1) is 0 Å². The molecular weight excluding hydrogens is 332 g/mol. The van der Waals surface area contributed by atoms with Crippen LogP contribution in [0.1, 0.15) is 63.4 Å². The predicted octanol–water partition coefficient (Wildman–Crippen LogP) is 3.68. The molecule has 4 nitrogen and oxygen atoms in total. The summed E-state index contributed by atoms with van der Waals surface area (Å²) in [5.74, 6) is -1.01. The van der Waals surface area contributed by atoms with E-state index >= 15 is 0 Å². The number of carbonyl (C=O) groups excluding carboxylic acids is 2. The fourth-order valence-electron chi connectivity index (χ4n) is 4.06. The summed E-state index contributed by atoms with van der Waals surface area (Å²) in [7, 11) is 0. The highest BCUT2D eigenvalue weighted by atomic mass is 32.1. The molecule has 0 atom stereocenters. The molecule has 5 heteroatoms. The van der Waals surface area contributed by atoms with Gasteiger partial charge in [-0.05, 0) is 67.3 Å². The van der Waals surface area contributed by atoms with E-state index in [1.807, 2.05) is 0 Å². The highest BCUT2D eigenvalue weighted by Gasteiger charge is 2.36. The standard InChI is InChI=1S/C20H28N2O2S/c23-18(21-12-8-16-6-2-1-3-7-16)19(24)22-15-20(10-4-5-11-20)17-9-13-25-14-17/h6,9,13-14H,1-5,7-8,10-12,15H2,(H,21,23)(H,22,24). The molecule has 2 N–H and O–H groups in total. The fraction of sp³-hybridized carbons (Fsp3) is 0.600. The van der Waals surface area contributed by atoms with Gasteiger partial charge in [0.1, 0.15) is 0 Å². The van der Waals surface area contributed by atoms with Crippen LogP contribution in [-0.4, -0.2) is 24.9 Å². The maximum absolute atomic E-state index is 12.2. The van der Waals surface area contributed by atoms with Gasteiger partial charge in [-0.1, -0.05) is 24.5 Å². The molecule has 136 valence electrons. The van der Waals surface area contributed by atoms with E-state index in [9.17, 15) is 9.59 Å². The van der Waals surface area contributed by atoms with Gasteiger partial charge in [-0.15, -0.1) is 0 Å². The van der Waals surface area contributed by atoms with Crippen LogP contribution in [0.5, 0.6) is 0 Å². The molecule has 0 unspecified atom stereocenters. The number of allylic oxidation sites excluding steroid dienone is 1. The highest BCUT2D eigenvalue weighted by Crippen LogP contribution is 2.41. The molecule has 1 saturated carbocycles.